The Bertz CT molecular complexity index is 1240. The number of nitrogens with one attached hydrogen (secondary N) is 1. The van der Waals surface area contributed by atoms with Crippen LogP contribution in [0.5, 0.6) is 17.2 Å². The van der Waals surface area contributed by atoms with Gasteiger partial charge in [0.2, 0.25) is 0 Å². The van der Waals surface area contributed by atoms with E-state index in [0.29, 0.717) is 18.7 Å². The van der Waals surface area contributed by atoms with Gasteiger partial charge in [-0.3, -0.25) is 4.89 Å². The van der Waals surface area contributed by atoms with Crippen molar-refractivity contribution in [2.45, 2.75) is 123 Å². The lowest BCUT2D eigenvalue weighted by Gasteiger charge is -2.18. The molecule has 1 atom stereocenters. The molecule has 0 aliphatic carbocycles. The van der Waals surface area contributed by atoms with Gasteiger partial charge in [-0.05, 0) is 48.6 Å². The molecule has 8 nitrogen and oxygen atoms in total. The molecular formula is C36H55N2O6PS. The number of phosphoric ester groups is 1. The third kappa shape index (κ3) is 15.8. The maximum absolute atomic E-state index is 12.8. The zero-order valence-corrected chi connectivity index (χ0v) is 29.6. The van der Waals surface area contributed by atoms with Gasteiger partial charge in [0, 0.05) is 24.9 Å². The first kappa shape index (κ1) is 37.8. The van der Waals surface area contributed by atoms with Crippen LogP contribution in [0.15, 0.2) is 54.1 Å². The normalized spacial score (nSPS) is 13.8. The summed E-state index contributed by atoms with van der Waals surface area (Å²) in [6.45, 7) is 5.14. The van der Waals surface area contributed by atoms with Crippen LogP contribution in [0.3, 0.4) is 0 Å². The van der Waals surface area contributed by atoms with Crippen LogP contribution in [0.25, 0.3) is 0 Å². The summed E-state index contributed by atoms with van der Waals surface area (Å²) in [4.78, 5) is 25.0. The minimum absolute atomic E-state index is 0.101. The Kier molecular flexibility index (Phi) is 18.1. The average Bonchev–Trinajstić information content (AvgIpc) is 3.53. The van der Waals surface area contributed by atoms with Gasteiger partial charge >= 0.3 is 13.9 Å². The summed E-state index contributed by atoms with van der Waals surface area (Å²) >= 11 is 1.71. The molecule has 0 aromatic heterocycles. The highest BCUT2D eigenvalue weighted by molar-refractivity contribution is 8.02. The Balaban J connectivity index is 1.26. The van der Waals surface area contributed by atoms with Gasteiger partial charge < -0.3 is 24.0 Å². The smallest absolute Gasteiger partial charge is 0.410 e. The number of carbonyl (C=O) groups is 1. The highest BCUT2D eigenvalue weighted by Gasteiger charge is 2.27. The van der Waals surface area contributed by atoms with Crippen LogP contribution in [0, 0.1) is 6.92 Å². The maximum Gasteiger partial charge on any atom is 0.584 e. The van der Waals surface area contributed by atoms with Crippen LogP contribution in [0.4, 0.5) is 4.79 Å². The first-order valence-corrected chi connectivity index (χ1v) is 19.8. The maximum atomic E-state index is 12.8. The number of hydrogen-bond donors (Lipinski definition) is 2. The number of nitrogens with zero attached hydrogens (tertiary/aromatic N) is 1. The molecule has 1 unspecified atom stereocenters. The van der Waals surface area contributed by atoms with Gasteiger partial charge in [-0.25, -0.2) is 9.36 Å². The summed E-state index contributed by atoms with van der Waals surface area (Å²) < 4.78 is 29.1. The van der Waals surface area contributed by atoms with Crippen LogP contribution >= 0.6 is 19.6 Å². The van der Waals surface area contributed by atoms with E-state index in [1.807, 2.05) is 17.7 Å². The molecule has 2 N–H and O–H groups in total. The van der Waals surface area contributed by atoms with E-state index in [0.717, 1.165) is 24.3 Å². The number of amides is 1. The monoisotopic (exact) mass is 674 g/mol. The topological polar surface area (TPSA) is 97.3 Å². The van der Waals surface area contributed by atoms with Crippen LogP contribution in [-0.2, 0) is 11.1 Å². The van der Waals surface area contributed by atoms with Crippen molar-refractivity contribution in [2.24, 2.45) is 0 Å². The zero-order valence-electron chi connectivity index (χ0n) is 27.9. The van der Waals surface area contributed by atoms with Gasteiger partial charge in [-0.15, -0.1) is 11.8 Å². The van der Waals surface area contributed by atoms with Crippen molar-refractivity contribution in [1.82, 2.24) is 10.2 Å². The van der Waals surface area contributed by atoms with Crippen molar-refractivity contribution in [3.8, 4) is 17.2 Å². The fourth-order valence-corrected chi connectivity index (χ4v) is 7.00. The summed E-state index contributed by atoms with van der Waals surface area (Å²) in [7, 11) is -4.51. The Morgan fingerprint density at radius 2 is 1.43 bits per heavy atom. The van der Waals surface area contributed by atoms with Gasteiger partial charge in [0.25, 0.3) is 0 Å². The number of rotatable bonds is 24. The number of ether oxygens (including phenoxy) is 1. The van der Waals surface area contributed by atoms with Crippen molar-refractivity contribution < 1.29 is 28.0 Å². The van der Waals surface area contributed by atoms with Gasteiger partial charge in [-0.1, -0.05) is 121 Å². The SMILES string of the molecule is CCCCCCCCCCCCCCCCCCNC(=O)Oc1cccc(OP(=O)(O)Oc2cccc(CN3C=CSC3)c2)c1C. The Morgan fingerprint density at radius 1 is 0.848 bits per heavy atom. The molecule has 2 aromatic rings. The molecule has 0 radical (unpaired) electrons. The van der Waals surface area contributed by atoms with Gasteiger partial charge in [0.05, 0.1) is 5.88 Å². The molecule has 10 heteroatoms. The fourth-order valence-electron chi connectivity index (χ4n) is 5.42. The molecule has 0 saturated heterocycles. The average molecular weight is 675 g/mol. The molecule has 0 spiro atoms. The molecule has 0 fully saturated rings. The van der Waals surface area contributed by atoms with E-state index < -0.39 is 13.9 Å². The first-order chi connectivity index (χ1) is 22.4. The van der Waals surface area contributed by atoms with Crippen LogP contribution in [-0.4, -0.2) is 28.3 Å². The van der Waals surface area contributed by atoms with Crippen LogP contribution in [0.1, 0.15) is 121 Å². The predicted molar refractivity (Wildman–Crippen MR) is 189 cm³/mol. The highest BCUT2D eigenvalue weighted by Crippen LogP contribution is 2.46. The minimum atomic E-state index is -4.51. The second kappa shape index (κ2) is 22.0. The standard InChI is InChI=1S/C36H55N2O6PS/c1-3-4-5-6-7-8-9-10-11-12-13-14-15-16-17-18-25-37-36(39)42-34-23-20-24-35(31(34)2)44-45(40,41)43-33-22-19-21-32(28-33)29-38-26-27-46-30-38/h19-24,26-28H,3-18,25,29-30H2,1-2H3,(H,37,39)(H,40,41). The molecular weight excluding hydrogens is 619 g/mol. The number of phosphoric acid groups is 1. The zero-order chi connectivity index (χ0) is 32.9. The van der Waals surface area contributed by atoms with Crippen molar-refractivity contribution >= 4 is 25.7 Å². The third-order valence-corrected chi connectivity index (χ3v) is 9.73. The van der Waals surface area contributed by atoms with Crippen LogP contribution in [0.2, 0.25) is 0 Å². The van der Waals surface area contributed by atoms with Gasteiger partial charge in [0.15, 0.2) is 0 Å². The summed E-state index contributed by atoms with van der Waals surface area (Å²) in [5, 5.41) is 4.83. The Morgan fingerprint density at radius 3 is 2.04 bits per heavy atom. The number of hydrogen-bond acceptors (Lipinski definition) is 7. The lowest BCUT2D eigenvalue weighted by atomic mass is 10.0. The molecule has 1 amide bonds. The summed E-state index contributed by atoms with van der Waals surface area (Å²) in [5.41, 5.74) is 1.37. The van der Waals surface area contributed by atoms with Crippen LogP contribution < -0.4 is 19.1 Å². The molecule has 46 heavy (non-hydrogen) atoms. The molecule has 256 valence electrons. The summed E-state index contributed by atoms with van der Waals surface area (Å²) in [5.74, 6) is 1.45. The van der Waals surface area contributed by atoms with Gasteiger partial charge in [-0.2, -0.15) is 0 Å². The minimum Gasteiger partial charge on any atom is -0.410 e. The summed E-state index contributed by atoms with van der Waals surface area (Å²) in [6, 6.07) is 11.8. The number of thioether (sulfide) groups is 1. The van der Waals surface area contributed by atoms with Crippen molar-refractivity contribution in [2.75, 3.05) is 12.4 Å². The number of unbranched alkanes of at least 4 members (excludes halogenated alkanes) is 15. The molecule has 3 rings (SSSR count). The van der Waals surface area contributed by atoms with E-state index in [1.165, 1.54) is 96.0 Å². The van der Waals surface area contributed by atoms with E-state index in [-0.39, 0.29) is 17.2 Å². The second-order valence-corrected chi connectivity index (χ2v) is 14.3. The molecule has 1 aliphatic rings. The lowest BCUT2D eigenvalue weighted by molar-refractivity contribution is 0.200. The Hall–Kier alpha value is -2.61. The quantitative estimate of drug-likeness (QED) is 0.0839. The van der Waals surface area contributed by atoms with Crippen molar-refractivity contribution in [1.29, 1.82) is 0 Å². The Labute approximate surface area is 281 Å². The number of benzene rings is 2. The molecule has 2 aromatic carbocycles. The molecule has 1 aliphatic heterocycles. The van der Waals surface area contributed by atoms with E-state index in [9.17, 15) is 14.3 Å². The van der Waals surface area contributed by atoms with E-state index in [2.05, 4.69) is 17.1 Å². The van der Waals surface area contributed by atoms with E-state index in [1.54, 1.807) is 49.0 Å². The molecule has 0 bridgehead atoms. The van der Waals surface area contributed by atoms with Crippen molar-refractivity contribution in [3.63, 3.8) is 0 Å². The number of carbonyl (C=O) groups excluding carboxylic acids is 1. The fraction of sp³-hybridized carbons (Fsp3) is 0.583. The van der Waals surface area contributed by atoms with Crippen molar-refractivity contribution in [3.05, 3.63) is 65.2 Å². The first-order valence-electron chi connectivity index (χ1n) is 17.2. The predicted octanol–water partition coefficient (Wildman–Crippen LogP) is 10.9. The third-order valence-electron chi connectivity index (χ3n) is 8.06. The largest absolute Gasteiger partial charge is 0.584 e. The molecule has 0 saturated carbocycles. The lowest BCUT2D eigenvalue weighted by Crippen LogP contribution is -2.28. The summed E-state index contributed by atoms with van der Waals surface area (Å²) in [6.07, 6.45) is 22.3. The highest BCUT2D eigenvalue weighted by atomic mass is 32.2. The molecule has 1 heterocycles. The van der Waals surface area contributed by atoms with E-state index >= 15 is 0 Å². The van der Waals surface area contributed by atoms with E-state index in [4.69, 9.17) is 13.8 Å². The van der Waals surface area contributed by atoms with Gasteiger partial charge in [0.1, 0.15) is 17.2 Å². The second-order valence-electron chi connectivity index (χ2n) is 12.1.